The number of anilines is 2. The zero-order valence-electron chi connectivity index (χ0n) is 20.2. The molecular formula is C29H26N2O4S2. The lowest BCUT2D eigenvalue weighted by atomic mass is 10.1. The van der Waals surface area contributed by atoms with Gasteiger partial charge in [-0.05, 0) is 59.7 Å². The van der Waals surface area contributed by atoms with Crippen LogP contribution in [0.15, 0.2) is 106 Å². The average molecular weight is 531 g/mol. The highest BCUT2D eigenvalue weighted by atomic mass is 32.2. The summed E-state index contributed by atoms with van der Waals surface area (Å²) in [6, 6.07) is 28.2. The molecule has 8 heteroatoms. The van der Waals surface area contributed by atoms with Gasteiger partial charge in [-0.1, -0.05) is 61.2 Å². The first-order valence-electron chi connectivity index (χ1n) is 11.9. The normalized spacial score (nSPS) is 12.1. The van der Waals surface area contributed by atoms with E-state index in [1.54, 1.807) is 49.0 Å². The summed E-state index contributed by atoms with van der Waals surface area (Å²) in [6.07, 6.45) is 0. The monoisotopic (exact) mass is 530 g/mol. The van der Waals surface area contributed by atoms with Crippen LogP contribution in [0.3, 0.4) is 0 Å². The molecule has 0 bridgehead atoms. The molecular weight excluding hydrogens is 504 g/mol. The molecule has 5 rings (SSSR count). The first-order chi connectivity index (χ1) is 17.9. The number of hydrogen-bond donors (Lipinski definition) is 2. The second-order valence-electron chi connectivity index (χ2n) is 8.60. The molecule has 0 aromatic heterocycles. The van der Waals surface area contributed by atoms with Gasteiger partial charge in [0.25, 0.3) is 5.91 Å². The van der Waals surface area contributed by atoms with E-state index >= 15 is 0 Å². The summed E-state index contributed by atoms with van der Waals surface area (Å²) in [4.78, 5) is 15.2. The summed E-state index contributed by atoms with van der Waals surface area (Å²) in [5.41, 5.74) is 4.32. The molecule has 1 aliphatic heterocycles. The Morgan fingerprint density at radius 3 is 2.41 bits per heavy atom. The topological polar surface area (TPSA) is 84.5 Å². The van der Waals surface area contributed by atoms with Crippen LogP contribution >= 0.6 is 11.8 Å². The van der Waals surface area contributed by atoms with E-state index in [0.29, 0.717) is 23.6 Å². The summed E-state index contributed by atoms with van der Waals surface area (Å²) < 4.78 is 29.9. The number of amides is 1. The van der Waals surface area contributed by atoms with Crippen LogP contribution in [0.1, 0.15) is 28.4 Å². The van der Waals surface area contributed by atoms with E-state index in [-0.39, 0.29) is 11.7 Å². The summed E-state index contributed by atoms with van der Waals surface area (Å²) >= 11 is 1.63. The van der Waals surface area contributed by atoms with Crippen molar-refractivity contribution in [1.82, 2.24) is 5.32 Å². The van der Waals surface area contributed by atoms with Gasteiger partial charge >= 0.3 is 0 Å². The Morgan fingerprint density at radius 1 is 0.865 bits per heavy atom. The number of carbonyl (C=O) groups is 1. The van der Waals surface area contributed by atoms with Gasteiger partial charge in [0.15, 0.2) is 9.84 Å². The molecule has 0 saturated heterocycles. The van der Waals surface area contributed by atoms with Gasteiger partial charge in [-0.15, -0.1) is 0 Å². The highest BCUT2D eigenvalue weighted by molar-refractivity contribution is 7.99. The zero-order chi connectivity index (χ0) is 25.8. The molecule has 188 valence electrons. The summed E-state index contributed by atoms with van der Waals surface area (Å²) in [5.74, 6) is 0.661. The standard InChI is InChI=1S/C29H26N2O4S2/c1-2-37(33,34)24-12-8-20(9-13-24)18-30-29(32)22-10-15-27-26(16-22)31-25-14-11-23(17-28(25)36-27)35-19-21-6-4-3-5-7-21/h3-17,31H,2,18-19H2,1H3,(H,30,32). The number of carbonyl (C=O) groups excluding carboxylic acids is 1. The molecule has 0 fully saturated rings. The van der Waals surface area contributed by atoms with Crippen molar-refractivity contribution in [3.63, 3.8) is 0 Å². The van der Waals surface area contributed by atoms with Gasteiger partial charge in [0.2, 0.25) is 0 Å². The van der Waals surface area contributed by atoms with Crippen molar-refractivity contribution in [3.8, 4) is 5.75 Å². The molecule has 1 aliphatic rings. The van der Waals surface area contributed by atoms with E-state index in [1.807, 2.05) is 60.7 Å². The van der Waals surface area contributed by atoms with Crippen LogP contribution in [0.2, 0.25) is 0 Å². The number of nitrogens with one attached hydrogen (secondary N) is 2. The second kappa shape index (κ2) is 10.7. The molecule has 6 nitrogen and oxygen atoms in total. The van der Waals surface area contributed by atoms with E-state index < -0.39 is 9.84 Å². The Morgan fingerprint density at radius 2 is 1.65 bits per heavy atom. The summed E-state index contributed by atoms with van der Waals surface area (Å²) in [7, 11) is -3.24. The van der Waals surface area contributed by atoms with Crippen LogP contribution in [-0.2, 0) is 23.0 Å². The van der Waals surface area contributed by atoms with Crippen molar-refractivity contribution in [2.75, 3.05) is 11.1 Å². The third-order valence-electron chi connectivity index (χ3n) is 6.05. The highest BCUT2D eigenvalue weighted by Gasteiger charge is 2.18. The predicted molar refractivity (Wildman–Crippen MR) is 146 cm³/mol. The Hall–Kier alpha value is -3.75. The lowest BCUT2D eigenvalue weighted by Crippen LogP contribution is -2.23. The first kappa shape index (κ1) is 24.9. The minimum atomic E-state index is -3.24. The minimum absolute atomic E-state index is 0.0570. The molecule has 0 unspecified atom stereocenters. The minimum Gasteiger partial charge on any atom is -0.489 e. The van der Waals surface area contributed by atoms with Gasteiger partial charge in [0.1, 0.15) is 12.4 Å². The predicted octanol–water partition coefficient (Wildman–Crippen LogP) is 6.20. The van der Waals surface area contributed by atoms with Crippen molar-refractivity contribution in [1.29, 1.82) is 0 Å². The maximum atomic E-state index is 12.8. The van der Waals surface area contributed by atoms with Crippen molar-refractivity contribution in [2.24, 2.45) is 0 Å². The summed E-state index contributed by atoms with van der Waals surface area (Å²) in [6.45, 7) is 2.43. The Balaban J connectivity index is 1.21. The number of hydrogen-bond acceptors (Lipinski definition) is 6. The van der Waals surface area contributed by atoms with E-state index in [9.17, 15) is 13.2 Å². The number of rotatable bonds is 8. The maximum absolute atomic E-state index is 12.8. The SMILES string of the molecule is CCS(=O)(=O)c1ccc(CNC(=O)c2ccc3c(c2)Nc2ccc(OCc4ccccc4)cc2S3)cc1. The molecule has 37 heavy (non-hydrogen) atoms. The molecule has 0 atom stereocenters. The van der Waals surface area contributed by atoms with E-state index in [2.05, 4.69) is 10.6 Å². The maximum Gasteiger partial charge on any atom is 0.251 e. The van der Waals surface area contributed by atoms with Crippen molar-refractivity contribution < 1.29 is 17.9 Å². The zero-order valence-corrected chi connectivity index (χ0v) is 21.9. The highest BCUT2D eigenvalue weighted by Crippen LogP contribution is 2.45. The number of sulfone groups is 1. The van der Waals surface area contributed by atoms with E-state index in [1.165, 1.54) is 0 Å². The largest absolute Gasteiger partial charge is 0.489 e. The molecule has 0 spiro atoms. The molecule has 0 aliphatic carbocycles. The van der Waals surface area contributed by atoms with E-state index in [4.69, 9.17) is 4.74 Å². The molecule has 1 amide bonds. The van der Waals surface area contributed by atoms with Crippen LogP contribution in [0.25, 0.3) is 0 Å². The van der Waals surface area contributed by atoms with Gasteiger partial charge in [-0.2, -0.15) is 0 Å². The fraction of sp³-hybridized carbons (Fsp3) is 0.138. The van der Waals surface area contributed by atoms with E-state index in [0.717, 1.165) is 38.0 Å². The molecule has 4 aromatic rings. The van der Waals surface area contributed by atoms with Gasteiger partial charge in [0, 0.05) is 21.9 Å². The second-order valence-corrected chi connectivity index (χ2v) is 12.0. The fourth-order valence-electron chi connectivity index (χ4n) is 3.91. The van der Waals surface area contributed by atoms with Crippen LogP contribution in [0.5, 0.6) is 5.75 Å². The van der Waals surface area contributed by atoms with Crippen LogP contribution in [-0.4, -0.2) is 20.1 Å². The van der Waals surface area contributed by atoms with Crippen LogP contribution < -0.4 is 15.4 Å². The van der Waals surface area contributed by atoms with Gasteiger partial charge in [0.05, 0.1) is 22.0 Å². The quantitative estimate of drug-likeness (QED) is 0.249. The molecule has 0 radical (unpaired) electrons. The first-order valence-corrected chi connectivity index (χ1v) is 14.4. The van der Waals surface area contributed by atoms with Crippen molar-refractivity contribution >= 4 is 38.9 Å². The Bertz CT molecular complexity index is 1540. The number of benzene rings is 4. The average Bonchev–Trinajstić information content (AvgIpc) is 2.94. The van der Waals surface area contributed by atoms with Gasteiger partial charge in [-0.25, -0.2) is 8.42 Å². The number of fused-ring (bicyclic) bond motifs is 2. The smallest absolute Gasteiger partial charge is 0.251 e. The summed E-state index contributed by atoms with van der Waals surface area (Å²) in [5, 5.41) is 6.33. The van der Waals surface area contributed by atoms with Crippen molar-refractivity contribution in [2.45, 2.75) is 34.8 Å². The third kappa shape index (κ3) is 5.81. The molecule has 2 N–H and O–H groups in total. The fourth-order valence-corrected chi connectivity index (χ4v) is 5.79. The van der Waals surface area contributed by atoms with Crippen molar-refractivity contribution in [3.05, 3.63) is 108 Å². The third-order valence-corrected chi connectivity index (χ3v) is 8.93. The Kier molecular flexibility index (Phi) is 7.21. The molecule has 4 aromatic carbocycles. The lowest BCUT2D eigenvalue weighted by Gasteiger charge is -2.22. The van der Waals surface area contributed by atoms with Gasteiger partial charge in [-0.3, -0.25) is 4.79 Å². The van der Waals surface area contributed by atoms with Gasteiger partial charge < -0.3 is 15.4 Å². The lowest BCUT2D eigenvalue weighted by molar-refractivity contribution is 0.0951. The molecule has 1 heterocycles. The van der Waals surface area contributed by atoms with Crippen LogP contribution in [0, 0.1) is 0 Å². The Labute approximate surface area is 221 Å². The van der Waals surface area contributed by atoms with Crippen LogP contribution in [0.4, 0.5) is 11.4 Å². The number of ether oxygens (including phenoxy) is 1. The molecule has 0 saturated carbocycles.